The van der Waals surface area contributed by atoms with Gasteiger partial charge in [-0.1, -0.05) is 5.11 Å². The van der Waals surface area contributed by atoms with Gasteiger partial charge in [-0.15, -0.1) is 0 Å². The highest BCUT2D eigenvalue weighted by molar-refractivity contribution is 7.86. The van der Waals surface area contributed by atoms with Crippen molar-refractivity contribution in [1.29, 1.82) is 0 Å². The lowest BCUT2D eigenvalue weighted by atomic mass is 9.96. The molecule has 12 heteroatoms. The SMILES string of the molecule is CO[C@H]1O[C@@H](CN=[N+]=[N-])[C@H](O)[C@H](OS(C)(=O)=O)[C@H]1NC(C)=O. The average Bonchev–Trinajstić information content (AvgIpc) is 2.40. The van der Waals surface area contributed by atoms with Crippen LogP contribution in [0.2, 0.25) is 0 Å². The highest BCUT2D eigenvalue weighted by Crippen LogP contribution is 2.25. The number of nitrogens with one attached hydrogen (secondary N) is 1. The maximum absolute atomic E-state index is 11.4. The monoisotopic (exact) mass is 338 g/mol. The van der Waals surface area contributed by atoms with Gasteiger partial charge in [0.2, 0.25) is 5.91 Å². The van der Waals surface area contributed by atoms with Gasteiger partial charge in [0.05, 0.1) is 18.9 Å². The number of amides is 1. The van der Waals surface area contributed by atoms with Crippen molar-refractivity contribution in [3.8, 4) is 0 Å². The third kappa shape index (κ3) is 5.09. The lowest BCUT2D eigenvalue weighted by Gasteiger charge is -2.43. The van der Waals surface area contributed by atoms with Crippen LogP contribution in [0.15, 0.2) is 5.11 Å². The number of methoxy groups -OCH3 is 1. The van der Waals surface area contributed by atoms with E-state index in [2.05, 4.69) is 15.3 Å². The molecule has 0 aromatic carbocycles. The predicted molar refractivity (Wildman–Crippen MR) is 73.0 cm³/mol. The van der Waals surface area contributed by atoms with E-state index in [1.165, 1.54) is 14.0 Å². The maximum atomic E-state index is 11.4. The van der Waals surface area contributed by atoms with Crippen LogP contribution in [0.4, 0.5) is 0 Å². The van der Waals surface area contributed by atoms with E-state index in [1.54, 1.807) is 0 Å². The quantitative estimate of drug-likeness (QED) is 0.268. The molecule has 0 aromatic rings. The molecule has 1 saturated heterocycles. The standard InChI is InChI=1S/C10H18N4O7S/c1-5(15)13-7-9(21-22(3,17)18)8(16)6(4-12-14-11)20-10(7)19-2/h6-10,16H,4H2,1-3H3,(H,13,15)/t6-,7+,8-,9+,10-/m0/s1. The minimum absolute atomic E-state index is 0.256. The van der Waals surface area contributed by atoms with Crippen LogP contribution in [-0.4, -0.2) is 70.0 Å². The fourth-order valence-corrected chi connectivity index (χ4v) is 2.73. The Morgan fingerprint density at radius 2 is 2.18 bits per heavy atom. The summed E-state index contributed by atoms with van der Waals surface area (Å²) in [5, 5.41) is 15.9. The van der Waals surface area contributed by atoms with Crippen molar-refractivity contribution in [3.63, 3.8) is 0 Å². The van der Waals surface area contributed by atoms with Crippen molar-refractivity contribution in [2.24, 2.45) is 5.11 Å². The number of azide groups is 1. The molecule has 1 aliphatic rings. The number of carbonyl (C=O) groups is 1. The third-order valence-electron chi connectivity index (χ3n) is 2.89. The summed E-state index contributed by atoms with van der Waals surface area (Å²) in [5.41, 5.74) is 8.34. The Morgan fingerprint density at radius 3 is 2.64 bits per heavy atom. The molecule has 0 bridgehead atoms. The first-order valence-electron chi connectivity index (χ1n) is 6.22. The van der Waals surface area contributed by atoms with Crippen LogP contribution in [-0.2, 0) is 28.6 Å². The molecule has 0 saturated carbocycles. The van der Waals surface area contributed by atoms with Gasteiger partial charge in [0.25, 0.3) is 10.1 Å². The van der Waals surface area contributed by atoms with Gasteiger partial charge in [-0.05, 0) is 5.53 Å². The summed E-state index contributed by atoms with van der Waals surface area (Å²) in [6.07, 6.45) is -4.12. The van der Waals surface area contributed by atoms with E-state index in [9.17, 15) is 18.3 Å². The van der Waals surface area contributed by atoms with Gasteiger partial charge >= 0.3 is 0 Å². The average molecular weight is 338 g/mol. The Kier molecular flexibility index (Phi) is 6.53. The van der Waals surface area contributed by atoms with E-state index in [1.807, 2.05) is 0 Å². The lowest BCUT2D eigenvalue weighted by molar-refractivity contribution is -0.248. The van der Waals surface area contributed by atoms with Crippen LogP contribution in [0.1, 0.15) is 6.92 Å². The molecular weight excluding hydrogens is 320 g/mol. The Labute approximate surface area is 127 Å². The summed E-state index contributed by atoms with van der Waals surface area (Å²) in [6, 6.07) is -1.06. The number of nitrogens with zero attached hydrogens (tertiary/aromatic N) is 3. The van der Waals surface area contributed by atoms with Crippen LogP contribution < -0.4 is 5.32 Å². The van der Waals surface area contributed by atoms with Gasteiger partial charge in [0.1, 0.15) is 18.2 Å². The van der Waals surface area contributed by atoms with Gasteiger partial charge in [-0.3, -0.25) is 8.98 Å². The molecule has 1 amide bonds. The normalized spacial score (nSPS) is 32.1. The van der Waals surface area contributed by atoms with Crippen LogP contribution in [0.5, 0.6) is 0 Å². The topological polar surface area (TPSA) is 160 Å². The van der Waals surface area contributed by atoms with Gasteiger partial charge in [-0.25, -0.2) is 0 Å². The summed E-state index contributed by atoms with van der Waals surface area (Å²) < 4.78 is 38.1. The van der Waals surface area contributed by atoms with Gasteiger partial charge < -0.3 is 19.9 Å². The fourth-order valence-electron chi connectivity index (χ4n) is 2.09. The van der Waals surface area contributed by atoms with Gasteiger partial charge in [0.15, 0.2) is 6.29 Å². The first-order valence-corrected chi connectivity index (χ1v) is 8.03. The molecule has 1 fully saturated rings. The molecule has 0 spiro atoms. The molecule has 1 rings (SSSR count). The Bertz CT molecular complexity index is 547. The van der Waals surface area contributed by atoms with Gasteiger partial charge in [-0.2, -0.15) is 8.42 Å². The largest absolute Gasteiger partial charge is 0.388 e. The highest BCUT2D eigenvalue weighted by Gasteiger charge is 2.48. The number of rotatable bonds is 6. The van der Waals surface area contributed by atoms with E-state index in [-0.39, 0.29) is 6.54 Å². The number of ether oxygens (including phenoxy) is 2. The highest BCUT2D eigenvalue weighted by atomic mass is 32.2. The van der Waals surface area contributed by atoms with Crippen molar-refractivity contribution < 1.29 is 32.0 Å². The summed E-state index contributed by atoms with van der Waals surface area (Å²) in [4.78, 5) is 13.8. The number of hydrogen-bond acceptors (Lipinski definition) is 8. The second kappa shape index (κ2) is 7.72. The number of hydrogen-bond donors (Lipinski definition) is 2. The van der Waals surface area contributed by atoms with Crippen molar-refractivity contribution in [2.75, 3.05) is 19.9 Å². The Balaban J connectivity index is 3.11. The van der Waals surface area contributed by atoms with Crippen LogP contribution >= 0.6 is 0 Å². The zero-order valence-corrected chi connectivity index (χ0v) is 13.1. The van der Waals surface area contributed by atoms with E-state index in [0.717, 1.165) is 6.26 Å². The number of carbonyl (C=O) groups excluding carboxylic acids is 1. The van der Waals surface area contributed by atoms with Crippen LogP contribution in [0.25, 0.3) is 10.4 Å². The van der Waals surface area contributed by atoms with E-state index < -0.39 is 46.7 Å². The molecule has 11 nitrogen and oxygen atoms in total. The summed E-state index contributed by atoms with van der Waals surface area (Å²) in [5.74, 6) is -0.488. The predicted octanol–water partition coefficient (Wildman–Crippen LogP) is -1.12. The molecule has 1 aliphatic heterocycles. The molecule has 22 heavy (non-hydrogen) atoms. The lowest BCUT2D eigenvalue weighted by Crippen LogP contribution is -2.65. The minimum Gasteiger partial charge on any atom is -0.388 e. The fraction of sp³-hybridized carbons (Fsp3) is 0.900. The number of aliphatic hydroxyl groups is 1. The maximum Gasteiger partial charge on any atom is 0.264 e. The summed E-state index contributed by atoms with van der Waals surface area (Å²) in [6.45, 7) is 0.955. The van der Waals surface area contributed by atoms with Crippen molar-refractivity contribution in [2.45, 2.75) is 37.6 Å². The van der Waals surface area contributed by atoms with Crippen LogP contribution in [0.3, 0.4) is 0 Å². The Morgan fingerprint density at radius 1 is 1.55 bits per heavy atom. The summed E-state index contributed by atoms with van der Waals surface area (Å²) in [7, 11) is -2.65. The molecule has 126 valence electrons. The first-order chi connectivity index (χ1) is 10.2. The zero-order valence-electron chi connectivity index (χ0n) is 12.2. The molecule has 0 radical (unpaired) electrons. The number of aliphatic hydroxyl groups excluding tert-OH is 1. The second-order valence-electron chi connectivity index (χ2n) is 4.67. The minimum atomic E-state index is -3.93. The van der Waals surface area contributed by atoms with Crippen molar-refractivity contribution in [1.82, 2.24) is 5.32 Å². The molecule has 5 atom stereocenters. The third-order valence-corrected chi connectivity index (χ3v) is 3.46. The van der Waals surface area contributed by atoms with Crippen molar-refractivity contribution >= 4 is 16.0 Å². The van der Waals surface area contributed by atoms with Crippen LogP contribution in [0, 0.1) is 0 Å². The van der Waals surface area contributed by atoms with Gasteiger partial charge in [0, 0.05) is 18.9 Å². The second-order valence-corrected chi connectivity index (χ2v) is 6.27. The molecule has 2 N–H and O–H groups in total. The molecule has 1 heterocycles. The van der Waals surface area contributed by atoms with Crippen molar-refractivity contribution in [3.05, 3.63) is 10.4 Å². The summed E-state index contributed by atoms with van der Waals surface area (Å²) >= 11 is 0. The van der Waals surface area contributed by atoms with E-state index in [4.69, 9.17) is 19.2 Å². The molecule has 0 aliphatic carbocycles. The Hall–Kier alpha value is -1.43. The van der Waals surface area contributed by atoms with E-state index in [0.29, 0.717) is 0 Å². The molecule has 0 unspecified atom stereocenters. The van der Waals surface area contributed by atoms with E-state index >= 15 is 0 Å². The molecular formula is C10H18N4O7S. The molecule has 0 aromatic heterocycles. The first kappa shape index (κ1) is 18.6. The smallest absolute Gasteiger partial charge is 0.264 e. The zero-order chi connectivity index (χ0) is 16.9.